The molecule has 0 atom stereocenters. The summed E-state index contributed by atoms with van der Waals surface area (Å²) in [6.07, 6.45) is 0. The summed E-state index contributed by atoms with van der Waals surface area (Å²) in [6, 6.07) is 10.2. The molecule has 0 aliphatic rings. The molecular formula is C8H5OZn. The number of rotatable bonds is 0. The Labute approximate surface area is 68.7 Å². The minimum atomic E-state index is 1.00. The molecule has 0 radical (unpaired) electrons. The van der Waals surface area contributed by atoms with Crippen LogP contribution >= 0.6 is 0 Å². The summed E-state index contributed by atoms with van der Waals surface area (Å²) < 4.78 is 6.52. The molecule has 0 bridgehead atoms. The summed E-state index contributed by atoms with van der Waals surface area (Å²) in [5.74, 6) is 0. The molecule has 0 unspecified atom stereocenters. The summed E-state index contributed by atoms with van der Waals surface area (Å²) in [7, 11) is 0. The predicted octanol–water partition coefficient (Wildman–Crippen LogP) is 1.60. The Balaban J connectivity index is 2.88. The van der Waals surface area contributed by atoms with E-state index in [1.165, 1.54) is 5.39 Å². The molecule has 0 N–H and O–H groups in total. The molecule has 0 fully saturated rings. The van der Waals surface area contributed by atoms with Crippen molar-refractivity contribution in [2.24, 2.45) is 0 Å². The van der Waals surface area contributed by atoms with E-state index in [-0.39, 0.29) is 0 Å². The van der Waals surface area contributed by atoms with Crippen molar-refractivity contribution in [3.05, 3.63) is 30.3 Å². The molecule has 2 heteroatoms. The van der Waals surface area contributed by atoms with Crippen LogP contribution in [-0.2, 0) is 18.3 Å². The van der Waals surface area contributed by atoms with Crippen LogP contribution < -0.4 is 4.35 Å². The molecule has 1 nitrogen and oxygen atoms in total. The zero-order valence-electron chi connectivity index (χ0n) is 5.50. The summed E-state index contributed by atoms with van der Waals surface area (Å²) in [6.45, 7) is 0. The number of furan rings is 1. The molecule has 0 spiro atoms. The Hall–Kier alpha value is -0.617. The quantitative estimate of drug-likeness (QED) is 0.564. The van der Waals surface area contributed by atoms with Crippen LogP contribution in [0.5, 0.6) is 0 Å². The molecule has 0 aliphatic heterocycles. The van der Waals surface area contributed by atoms with Crippen LogP contribution in [0.3, 0.4) is 0 Å². The Morgan fingerprint density at radius 1 is 1.20 bits per heavy atom. The first-order valence-corrected chi connectivity index (χ1v) is 4.65. The summed E-state index contributed by atoms with van der Waals surface area (Å²) >= 11 is 1.09. The third-order valence-electron chi connectivity index (χ3n) is 1.48. The molecule has 0 saturated carbocycles. The fraction of sp³-hybridized carbons (Fsp3) is 0. The van der Waals surface area contributed by atoms with E-state index >= 15 is 0 Å². The first kappa shape index (κ1) is 6.12. The molecule has 0 saturated heterocycles. The van der Waals surface area contributed by atoms with Crippen LogP contribution in [0.15, 0.2) is 34.7 Å². The van der Waals surface area contributed by atoms with Gasteiger partial charge in [0.2, 0.25) is 0 Å². The van der Waals surface area contributed by atoms with Gasteiger partial charge in [-0.2, -0.15) is 0 Å². The van der Waals surface area contributed by atoms with Gasteiger partial charge in [-0.05, 0) is 0 Å². The average Bonchev–Trinajstić information content (AvgIpc) is 2.27. The van der Waals surface area contributed by atoms with Crippen LogP contribution in [0.25, 0.3) is 11.0 Å². The van der Waals surface area contributed by atoms with Crippen molar-refractivity contribution in [1.29, 1.82) is 0 Å². The Bertz CT molecular complexity index is 318. The second kappa shape index (κ2) is 2.21. The SMILES string of the molecule is [Zn][c]1cc2ccccc2o1. The van der Waals surface area contributed by atoms with Crippen molar-refractivity contribution < 1.29 is 22.7 Å². The van der Waals surface area contributed by atoms with Gasteiger partial charge in [0.15, 0.2) is 0 Å². The zero-order chi connectivity index (χ0) is 6.97. The van der Waals surface area contributed by atoms with E-state index in [1.54, 1.807) is 0 Å². The second-order valence-electron chi connectivity index (χ2n) is 2.25. The number of fused-ring (bicyclic) bond motifs is 1. The number of para-hydroxylation sites is 1. The fourth-order valence-corrected chi connectivity index (χ4v) is 1.82. The molecule has 0 amide bonds. The normalized spacial score (nSPS) is 10.6. The van der Waals surface area contributed by atoms with Gasteiger partial charge in [-0.15, -0.1) is 0 Å². The molecule has 1 aromatic heterocycles. The van der Waals surface area contributed by atoms with Crippen molar-refractivity contribution >= 4 is 15.3 Å². The number of hydrogen-bond donors (Lipinski definition) is 0. The van der Waals surface area contributed by atoms with E-state index in [2.05, 4.69) is 12.1 Å². The van der Waals surface area contributed by atoms with Crippen LogP contribution in [0.2, 0.25) is 0 Å². The topological polar surface area (TPSA) is 13.1 Å². The van der Waals surface area contributed by atoms with E-state index in [1.807, 2.05) is 18.2 Å². The van der Waals surface area contributed by atoms with Crippen LogP contribution in [0.4, 0.5) is 0 Å². The van der Waals surface area contributed by atoms with Gasteiger partial charge in [-0.25, -0.2) is 0 Å². The van der Waals surface area contributed by atoms with Gasteiger partial charge in [0.1, 0.15) is 0 Å². The van der Waals surface area contributed by atoms with Crippen LogP contribution in [0, 0.1) is 0 Å². The zero-order valence-corrected chi connectivity index (χ0v) is 8.47. The van der Waals surface area contributed by atoms with Crippen molar-refractivity contribution in [2.45, 2.75) is 0 Å². The second-order valence-corrected chi connectivity index (χ2v) is 3.71. The molecule has 10 heavy (non-hydrogen) atoms. The molecule has 2 aromatic rings. The van der Waals surface area contributed by atoms with Crippen molar-refractivity contribution in [2.75, 3.05) is 0 Å². The van der Waals surface area contributed by atoms with Crippen LogP contribution in [0.1, 0.15) is 0 Å². The Morgan fingerprint density at radius 2 is 2.00 bits per heavy atom. The van der Waals surface area contributed by atoms with Gasteiger partial charge in [0.05, 0.1) is 0 Å². The minimum absolute atomic E-state index is 1.00. The van der Waals surface area contributed by atoms with Gasteiger partial charge < -0.3 is 0 Å². The maximum absolute atomic E-state index is 5.42. The van der Waals surface area contributed by atoms with Gasteiger partial charge >= 0.3 is 68.4 Å². The third-order valence-corrected chi connectivity index (χ3v) is 2.21. The van der Waals surface area contributed by atoms with Crippen molar-refractivity contribution in [3.8, 4) is 0 Å². The van der Waals surface area contributed by atoms with Gasteiger partial charge in [-0.1, -0.05) is 0 Å². The van der Waals surface area contributed by atoms with E-state index < -0.39 is 0 Å². The van der Waals surface area contributed by atoms with E-state index in [4.69, 9.17) is 4.42 Å². The Kier molecular flexibility index (Phi) is 1.35. The summed E-state index contributed by atoms with van der Waals surface area (Å²) in [5.41, 5.74) is 1.00. The van der Waals surface area contributed by atoms with Crippen molar-refractivity contribution in [1.82, 2.24) is 0 Å². The standard InChI is InChI=1S/C8H5O.Zn/c1-2-4-8-7(3-1)5-6-9-8;/h1-5H;. The first-order valence-electron chi connectivity index (χ1n) is 3.17. The first-order chi connectivity index (χ1) is 4.86. The van der Waals surface area contributed by atoms with E-state index in [0.717, 1.165) is 28.2 Å². The molecule has 1 aromatic carbocycles. The van der Waals surface area contributed by atoms with Crippen LogP contribution in [-0.4, -0.2) is 0 Å². The predicted molar refractivity (Wildman–Crippen MR) is 35.8 cm³/mol. The van der Waals surface area contributed by atoms with Crippen molar-refractivity contribution in [3.63, 3.8) is 0 Å². The fourth-order valence-electron chi connectivity index (χ4n) is 1.04. The molecule has 0 aliphatic carbocycles. The molecule has 1 heterocycles. The van der Waals surface area contributed by atoms with E-state index in [9.17, 15) is 0 Å². The monoisotopic (exact) mass is 181 g/mol. The number of benzene rings is 1. The van der Waals surface area contributed by atoms with E-state index in [0.29, 0.717) is 0 Å². The molecule has 2 rings (SSSR count). The maximum atomic E-state index is 5.42. The molecule has 45 valence electrons. The van der Waals surface area contributed by atoms with Gasteiger partial charge in [0, 0.05) is 0 Å². The third kappa shape index (κ3) is 0.890. The van der Waals surface area contributed by atoms with Gasteiger partial charge in [0.25, 0.3) is 0 Å². The molecular weight excluding hydrogens is 177 g/mol. The summed E-state index contributed by atoms with van der Waals surface area (Å²) in [5, 5.41) is 1.21. The van der Waals surface area contributed by atoms with Gasteiger partial charge in [-0.3, -0.25) is 0 Å². The number of hydrogen-bond acceptors (Lipinski definition) is 1. The average molecular weight is 183 g/mol. The Morgan fingerprint density at radius 3 is 2.80 bits per heavy atom. The summed E-state index contributed by atoms with van der Waals surface area (Å²) in [4.78, 5) is 0.